The molecule has 0 amide bonds. The third kappa shape index (κ3) is 0.943. The van der Waals surface area contributed by atoms with Gasteiger partial charge in [0.15, 0.2) is 0 Å². The molecule has 0 spiro atoms. The quantitative estimate of drug-likeness (QED) is 0.581. The van der Waals surface area contributed by atoms with Crippen LogP contribution in [0.15, 0.2) is 12.8 Å². The van der Waals surface area contributed by atoms with Gasteiger partial charge in [0.25, 0.3) is 0 Å². The lowest BCUT2D eigenvalue weighted by atomic mass is 10.5. The van der Waals surface area contributed by atoms with Crippen molar-refractivity contribution < 1.29 is 4.39 Å². The minimum absolute atomic E-state index is 0.356. The molecule has 0 saturated heterocycles. The molecule has 10 heavy (non-hydrogen) atoms. The molecule has 1 rings (SSSR count). The lowest BCUT2D eigenvalue weighted by Gasteiger charge is -2.01. The minimum Gasteiger partial charge on any atom is -0.278 e. The van der Waals surface area contributed by atoms with Crippen LogP contribution in [0.3, 0.4) is 0 Å². The number of halogens is 1. The standard InChI is InChI=1S/C7H9FN2/c1-5(2)10-6(3)9-4-7(10)8/h4H,1H2,2-3H3. The summed E-state index contributed by atoms with van der Waals surface area (Å²) >= 11 is 0. The van der Waals surface area contributed by atoms with Crippen molar-refractivity contribution in [3.05, 3.63) is 24.5 Å². The highest BCUT2D eigenvalue weighted by atomic mass is 19.1. The summed E-state index contributed by atoms with van der Waals surface area (Å²) in [6, 6.07) is 0. The van der Waals surface area contributed by atoms with Crippen LogP contribution in [0.2, 0.25) is 0 Å². The average Bonchev–Trinajstić information content (AvgIpc) is 2.11. The van der Waals surface area contributed by atoms with Crippen molar-refractivity contribution in [2.24, 2.45) is 0 Å². The van der Waals surface area contributed by atoms with E-state index < -0.39 is 0 Å². The summed E-state index contributed by atoms with van der Waals surface area (Å²) in [6.45, 7) is 7.07. The molecule has 1 aromatic heterocycles. The summed E-state index contributed by atoms with van der Waals surface area (Å²) < 4.78 is 14.1. The first-order chi connectivity index (χ1) is 4.63. The van der Waals surface area contributed by atoms with Crippen molar-refractivity contribution in [1.82, 2.24) is 9.55 Å². The van der Waals surface area contributed by atoms with Crippen LogP contribution in [-0.4, -0.2) is 9.55 Å². The van der Waals surface area contributed by atoms with E-state index in [1.54, 1.807) is 13.8 Å². The van der Waals surface area contributed by atoms with Gasteiger partial charge in [-0.3, -0.25) is 4.57 Å². The highest BCUT2D eigenvalue weighted by Crippen LogP contribution is 2.08. The van der Waals surface area contributed by atoms with Gasteiger partial charge in [-0.1, -0.05) is 6.58 Å². The fraction of sp³-hybridized carbons (Fsp3) is 0.286. The van der Waals surface area contributed by atoms with Crippen molar-refractivity contribution in [3.63, 3.8) is 0 Å². The van der Waals surface area contributed by atoms with Crippen LogP contribution in [0.1, 0.15) is 12.7 Å². The van der Waals surface area contributed by atoms with E-state index >= 15 is 0 Å². The van der Waals surface area contributed by atoms with Gasteiger partial charge in [0.1, 0.15) is 5.82 Å². The molecule has 1 aromatic rings. The van der Waals surface area contributed by atoms with E-state index in [2.05, 4.69) is 11.6 Å². The van der Waals surface area contributed by atoms with Crippen LogP contribution in [0.25, 0.3) is 5.70 Å². The number of hydrogen-bond donors (Lipinski definition) is 0. The zero-order chi connectivity index (χ0) is 7.72. The molecular weight excluding hydrogens is 131 g/mol. The van der Waals surface area contributed by atoms with Gasteiger partial charge in [0.05, 0.1) is 6.20 Å². The van der Waals surface area contributed by atoms with Crippen LogP contribution in [0, 0.1) is 12.9 Å². The van der Waals surface area contributed by atoms with Crippen LogP contribution < -0.4 is 0 Å². The molecular formula is C7H9FN2. The predicted molar refractivity (Wildman–Crippen MR) is 37.9 cm³/mol. The summed E-state index contributed by atoms with van der Waals surface area (Å²) in [5.74, 6) is 0.273. The molecule has 0 unspecified atom stereocenters. The maximum Gasteiger partial charge on any atom is 0.217 e. The molecule has 0 aliphatic carbocycles. The molecule has 54 valence electrons. The highest BCUT2D eigenvalue weighted by molar-refractivity contribution is 5.39. The number of aromatic nitrogens is 2. The first kappa shape index (κ1) is 6.99. The van der Waals surface area contributed by atoms with Gasteiger partial charge >= 0.3 is 0 Å². The van der Waals surface area contributed by atoms with Gasteiger partial charge in [0, 0.05) is 5.70 Å². The number of nitrogens with zero attached hydrogens (tertiary/aromatic N) is 2. The first-order valence-corrected chi connectivity index (χ1v) is 2.98. The Morgan fingerprint density at radius 3 is 2.60 bits per heavy atom. The van der Waals surface area contributed by atoms with Crippen LogP contribution >= 0.6 is 0 Å². The van der Waals surface area contributed by atoms with E-state index in [4.69, 9.17) is 0 Å². The van der Waals surface area contributed by atoms with Crippen LogP contribution in [-0.2, 0) is 0 Å². The van der Waals surface area contributed by atoms with Crippen molar-refractivity contribution in [1.29, 1.82) is 0 Å². The summed E-state index contributed by atoms with van der Waals surface area (Å²) in [7, 11) is 0. The largest absolute Gasteiger partial charge is 0.278 e. The van der Waals surface area contributed by atoms with Crippen molar-refractivity contribution in [3.8, 4) is 0 Å². The summed E-state index contributed by atoms with van der Waals surface area (Å²) in [5.41, 5.74) is 0.646. The van der Waals surface area contributed by atoms with Crippen molar-refractivity contribution >= 4 is 5.70 Å². The van der Waals surface area contributed by atoms with E-state index in [0.717, 1.165) is 0 Å². The minimum atomic E-state index is -0.356. The highest BCUT2D eigenvalue weighted by Gasteiger charge is 2.03. The maximum atomic E-state index is 12.7. The molecule has 0 saturated carbocycles. The normalized spacial score (nSPS) is 9.90. The Morgan fingerprint density at radius 1 is 1.80 bits per heavy atom. The van der Waals surface area contributed by atoms with Gasteiger partial charge < -0.3 is 0 Å². The molecule has 0 aliphatic heterocycles. The number of hydrogen-bond acceptors (Lipinski definition) is 1. The molecule has 3 heteroatoms. The van der Waals surface area contributed by atoms with Gasteiger partial charge in [0.2, 0.25) is 5.95 Å². The van der Waals surface area contributed by atoms with E-state index in [9.17, 15) is 4.39 Å². The van der Waals surface area contributed by atoms with Gasteiger partial charge in [-0.25, -0.2) is 4.98 Å². The second-order valence-electron chi connectivity index (χ2n) is 2.20. The fourth-order valence-corrected chi connectivity index (χ4v) is 0.875. The summed E-state index contributed by atoms with van der Waals surface area (Å²) in [6.07, 6.45) is 1.18. The smallest absolute Gasteiger partial charge is 0.217 e. The average molecular weight is 140 g/mol. The van der Waals surface area contributed by atoms with Gasteiger partial charge in [-0.05, 0) is 13.8 Å². The van der Waals surface area contributed by atoms with E-state index in [1.165, 1.54) is 10.8 Å². The number of aryl methyl sites for hydroxylation is 1. The lowest BCUT2D eigenvalue weighted by Crippen LogP contribution is -1.97. The number of rotatable bonds is 1. The molecule has 0 bridgehead atoms. The van der Waals surface area contributed by atoms with Crippen LogP contribution in [0.4, 0.5) is 4.39 Å². The molecule has 0 aliphatic rings. The zero-order valence-corrected chi connectivity index (χ0v) is 6.06. The maximum absolute atomic E-state index is 12.7. The lowest BCUT2D eigenvalue weighted by molar-refractivity contribution is 0.559. The van der Waals surface area contributed by atoms with Gasteiger partial charge in [-0.2, -0.15) is 4.39 Å². The van der Waals surface area contributed by atoms with E-state index in [1.807, 2.05) is 0 Å². The molecule has 0 fully saturated rings. The van der Waals surface area contributed by atoms with Crippen molar-refractivity contribution in [2.75, 3.05) is 0 Å². The fourth-order valence-electron chi connectivity index (χ4n) is 0.875. The van der Waals surface area contributed by atoms with Crippen LogP contribution in [0.5, 0.6) is 0 Å². The SMILES string of the molecule is C=C(C)n1c(F)cnc1C. The molecule has 2 nitrogen and oxygen atoms in total. The molecule has 1 heterocycles. The Labute approximate surface area is 59.0 Å². The van der Waals surface area contributed by atoms with E-state index in [-0.39, 0.29) is 5.95 Å². The molecule has 0 atom stereocenters. The van der Waals surface area contributed by atoms with E-state index in [0.29, 0.717) is 11.5 Å². The Hall–Kier alpha value is -1.12. The Morgan fingerprint density at radius 2 is 2.40 bits per heavy atom. The zero-order valence-electron chi connectivity index (χ0n) is 6.06. The topological polar surface area (TPSA) is 17.8 Å². The Kier molecular flexibility index (Phi) is 1.57. The van der Waals surface area contributed by atoms with Crippen molar-refractivity contribution in [2.45, 2.75) is 13.8 Å². The first-order valence-electron chi connectivity index (χ1n) is 2.98. The second kappa shape index (κ2) is 2.25. The third-order valence-corrected chi connectivity index (χ3v) is 1.28. The monoisotopic (exact) mass is 140 g/mol. The predicted octanol–water partition coefficient (Wildman–Crippen LogP) is 1.82. The second-order valence-corrected chi connectivity index (χ2v) is 2.20. The molecule has 0 aromatic carbocycles. The molecule has 0 N–H and O–H groups in total. The Balaban J connectivity index is 3.23. The van der Waals surface area contributed by atoms with Gasteiger partial charge in [-0.15, -0.1) is 0 Å². The number of imidazole rings is 1. The Bertz CT molecular complexity index is 243. The summed E-state index contributed by atoms with van der Waals surface area (Å²) in [5, 5.41) is 0. The number of allylic oxidation sites excluding steroid dienone is 1. The summed E-state index contributed by atoms with van der Waals surface area (Å²) in [4.78, 5) is 3.76. The molecule has 0 radical (unpaired) electrons. The third-order valence-electron chi connectivity index (χ3n) is 1.28.